The van der Waals surface area contributed by atoms with Crippen LogP contribution in [-0.4, -0.2) is 198 Å². The number of nitrogens with zero attached hydrogens (tertiary/aromatic N) is 8. The number of benzene rings is 2. The first-order valence-electron chi connectivity index (χ1n) is 22.5. The van der Waals surface area contributed by atoms with Gasteiger partial charge in [-0.25, -0.2) is 0 Å². The first-order valence-corrected chi connectivity index (χ1v) is 25.4. The van der Waals surface area contributed by atoms with Gasteiger partial charge in [-0.05, 0) is 48.2 Å². The second-order valence-corrected chi connectivity index (χ2v) is 18.0. The van der Waals surface area contributed by atoms with Crippen molar-refractivity contribution in [3.8, 4) is 0 Å². The molecule has 2 saturated heterocycles. The van der Waals surface area contributed by atoms with E-state index >= 15 is 0 Å². The maximum Gasteiger partial charge on any atom is 0.295 e. The first kappa shape index (κ1) is 53.8. The summed E-state index contributed by atoms with van der Waals surface area (Å²) in [6.45, 7) is 7.61. The number of ether oxygens (including phenoxy) is 6. The number of aliphatic hydroxyl groups is 2. The van der Waals surface area contributed by atoms with Gasteiger partial charge in [-0.3, -0.25) is 9.11 Å². The Balaban J connectivity index is 1.17. The third-order valence-electron chi connectivity index (χ3n) is 10.1. The normalized spacial score (nSPS) is 14.6. The van der Waals surface area contributed by atoms with Gasteiger partial charge in [-0.15, -0.1) is 0 Å². The fraction of sp³-hybridized carbons (Fsp3) is 0.524. The molecule has 2 aliphatic rings. The molecule has 2 aromatic heterocycles. The van der Waals surface area contributed by atoms with Crippen LogP contribution in [0.2, 0.25) is 0 Å². The molecule has 0 atom stereocenters. The zero-order chi connectivity index (χ0) is 49.6. The molecule has 70 heavy (non-hydrogen) atoms. The van der Waals surface area contributed by atoms with Gasteiger partial charge in [0, 0.05) is 63.9 Å². The minimum atomic E-state index is -4.86. The molecular formula is C42H60N12O14S2. The zero-order valence-electron chi connectivity index (χ0n) is 38.4. The van der Waals surface area contributed by atoms with Gasteiger partial charge in [0.15, 0.2) is 0 Å². The third kappa shape index (κ3) is 17.7. The number of hydrogen-bond acceptors (Lipinski definition) is 24. The van der Waals surface area contributed by atoms with Gasteiger partial charge < -0.3 is 69.7 Å². The summed E-state index contributed by atoms with van der Waals surface area (Å²) < 4.78 is 104. The summed E-state index contributed by atoms with van der Waals surface area (Å²) in [7, 11) is -9.72. The largest absolute Gasteiger partial charge is 0.394 e. The Morgan fingerprint density at radius 3 is 1.27 bits per heavy atom. The topological polar surface area (TPSA) is 337 Å². The van der Waals surface area contributed by atoms with E-state index in [0.29, 0.717) is 130 Å². The predicted octanol–water partition coefficient (Wildman–Crippen LogP) is 1.54. The van der Waals surface area contributed by atoms with Gasteiger partial charge in [0.05, 0.1) is 79.3 Å². The summed E-state index contributed by atoms with van der Waals surface area (Å²) in [5.74, 6) is 1.35. The lowest BCUT2D eigenvalue weighted by molar-refractivity contribution is 0.0331. The van der Waals surface area contributed by atoms with Crippen molar-refractivity contribution in [3.63, 3.8) is 0 Å². The summed E-state index contributed by atoms with van der Waals surface area (Å²) in [4.78, 5) is 30.0. The highest BCUT2D eigenvalue weighted by molar-refractivity contribution is 7.86. The van der Waals surface area contributed by atoms with Crippen molar-refractivity contribution in [1.82, 2.24) is 29.9 Å². The van der Waals surface area contributed by atoms with E-state index in [0.717, 1.165) is 0 Å². The zero-order valence-corrected chi connectivity index (χ0v) is 40.1. The Hall–Kier alpha value is -5.50. The molecule has 2 fully saturated rings. The Morgan fingerprint density at radius 2 is 0.900 bits per heavy atom. The van der Waals surface area contributed by atoms with Crippen LogP contribution in [0.1, 0.15) is 24.0 Å². The van der Waals surface area contributed by atoms with Crippen LogP contribution in [-0.2, 0) is 48.7 Å². The third-order valence-corrected chi connectivity index (χ3v) is 11.9. The standard InChI is InChI=1S/C42H60N12O14S2/c55-15-23-67-27-25-63-17-1-9-43-37-47-39(51-41(49-37)53-11-19-65-20-12-53)45-33-7-5-31(35(29-33)69(57,58)59)3-4-32-6-8-34(30-36(32)70(60,61)62)46-40-48-38(44-10-2-18-64-26-28-68-24-16-56)50-42(52-40)54-13-21-66-22-14-54/h3-8,29-30,55-56H,1-2,9-28H2,(H,57,58,59)(H,60,61,62)(H2,43,45,47,49,51)(H2,44,46,48,50,52). The van der Waals surface area contributed by atoms with Crippen LogP contribution in [0.3, 0.4) is 0 Å². The number of nitrogens with one attached hydrogen (secondary N) is 4. The van der Waals surface area contributed by atoms with Crippen LogP contribution in [0.4, 0.5) is 47.1 Å². The molecule has 4 heterocycles. The molecule has 4 aromatic rings. The van der Waals surface area contributed by atoms with Crippen molar-refractivity contribution in [2.24, 2.45) is 0 Å². The molecule has 0 spiro atoms. The monoisotopic (exact) mass is 1020 g/mol. The van der Waals surface area contributed by atoms with E-state index in [4.69, 9.17) is 38.6 Å². The molecule has 384 valence electrons. The SMILES string of the molecule is O=S(=O)(O)c1cc(Nc2nc(NCCCOCCOCCO)nc(N3CCOCC3)n2)ccc1C=Cc1ccc(Nc2nc(NCCCOCCOCCO)nc(N3CCOCC3)n2)cc1S(=O)(=O)O. The highest BCUT2D eigenvalue weighted by atomic mass is 32.2. The average Bonchev–Trinajstić information content (AvgIpc) is 3.35. The summed E-state index contributed by atoms with van der Waals surface area (Å²) in [6.07, 6.45) is 3.79. The molecule has 0 saturated carbocycles. The predicted molar refractivity (Wildman–Crippen MR) is 257 cm³/mol. The van der Waals surface area contributed by atoms with Gasteiger partial charge in [0.2, 0.25) is 35.7 Å². The fourth-order valence-electron chi connectivity index (χ4n) is 6.72. The van der Waals surface area contributed by atoms with Crippen LogP contribution in [0.25, 0.3) is 12.2 Å². The number of morpholine rings is 2. The van der Waals surface area contributed by atoms with E-state index in [2.05, 4.69) is 51.2 Å². The second-order valence-electron chi connectivity index (χ2n) is 15.3. The lowest BCUT2D eigenvalue weighted by Crippen LogP contribution is -2.37. The van der Waals surface area contributed by atoms with E-state index in [1.54, 1.807) is 0 Å². The fourth-order valence-corrected chi connectivity index (χ4v) is 8.13. The maximum absolute atomic E-state index is 12.8. The van der Waals surface area contributed by atoms with Gasteiger partial charge in [-0.1, -0.05) is 24.3 Å². The Kier molecular flexibility index (Phi) is 21.4. The lowest BCUT2D eigenvalue weighted by Gasteiger charge is -2.27. The summed E-state index contributed by atoms with van der Waals surface area (Å²) in [5, 5.41) is 30.0. The van der Waals surface area contributed by atoms with Crippen molar-refractivity contribution >= 4 is 79.5 Å². The first-order chi connectivity index (χ1) is 33.9. The van der Waals surface area contributed by atoms with Gasteiger partial charge in [0.1, 0.15) is 9.79 Å². The van der Waals surface area contributed by atoms with Crippen molar-refractivity contribution in [1.29, 1.82) is 0 Å². The number of aromatic nitrogens is 6. The highest BCUT2D eigenvalue weighted by Crippen LogP contribution is 2.29. The smallest absolute Gasteiger partial charge is 0.295 e. The van der Waals surface area contributed by atoms with Crippen molar-refractivity contribution < 1.29 is 64.6 Å². The number of hydrogen-bond donors (Lipinski definition) is 8. The summed E-state index contributed by atoms with van der Waals surface area (Å²) >= 11 is 0. The van der Waals surface area contributed by atoms with Crippen molar-refractivity contribution in [2.45, 2.75) is 22.6 Å². The molecule has 26 nitrogen and oxygen atoms in total. The van der Waals surface area contributed by atoms with Crippen LogP contribution in [0.5, 0.6) is 0 Å². The van der Waals surface area contributed by atoms with Crippen LogP contribution in [0, 0.1) is 0 Å². The molecule has 2 aromatic carbocycles. The van der Waals surface area contributed by atoms with Crippen molar-refractivity contribution in [3.05, 3.63) is 47.5 Å². The van der Waals surface area contributed by atoms with Gasteiger partial charge >= 0.3 is 0 Å². The van der Waals surface area contributed by atoms with Crippen LogP contribution in [0.15, 0.2) is 46.2 Å². The Labute approximate surface area is 405 Å². The van der Waals surface area contributed by atoms with E-state index in [1.165, 1.54) is 48.6 Å². The van der Waals surface area contributed by atoms with E-state index < -0.39 is 30.0 Å². The van der Waals surface area contributed by atoms with Crippen LogP contribution < -0.4 is 31.1 Å². The number of anilines is 8. The van der Waals surface area contributed by atoms with Crippen LogP contribution >= 0.6 is 0 Å². The minimum Gasteiger partial charge on any atom is -0.394 e. The second kappa shape index (κ2) is 27.8. The average molecular weight is 1020 g/mol. The van der Waals surface area contributed by atoms with E-state index in [-0.39, 0.29) is 72.7 Å². The minimum absolute atomic E-state index is 0.00906. The van der Waals surface area contributed by atoms with Crippen molar-refractivity contribution in [2.75, 3.05) is 163 Å². The number of aliphatic hydroxyl groups excluding tert-OH is 2. The molecule has 8 N–H and O–H groups in total. The molecule has 28 heteroatoms. The summed E-state index contributed by atoms with van der Waals surface area (Å²) in [6, 6.07) is 8.18. The quantitative estimate of drug-likeness (QED) is 0.0209. The highest BCUT2D eigenvalue weighted by Gasteiger charge is 2.22. The maximum atomic E-state index is 12.8. The molecule has 0 aliphatic carbocycles. The molecule has 0 unspecified atom stereocenters. The molecule has 6 rings (SSSR count). The number of rotatable bonds is 30. The van der Waals surface area contributed by atoms with Gasteiger partial charge in [-0.2, -0.15) is 46.7 Å². The molecular weight excluding hydrogens is 961 g/mol. The summed E-state index contributed by atoms with van der Waals surface area (Å²) in [5.41, 5.74) is 0.371. The Bertz CT molecular complexity index is 2350. The van der Waals surface area contributed by atoms with Gasteiger partial charge in [0.25, 0.3) is 20.2 Å². The Morgan fingerprint density at radius 1 is 0.529 bits per heavy atom. The van der Waals surface area contributed by atoms with E-state index in [9.17, 15) is 25.9 Å². The van der Waals surface area contributed by atoms with E-state index in [1.807, 2.05) is 9.80 Å². The molecule has 0 amide bonds. The lowest BCUT2D eigenvalue weighted by atomic mass is 10.1. The molecule has 0 radical (unpaired) electrons. The molecule has 0 bridgehead atoms. The molecule has 2 aliphatic heterocycles.